The first kappa shape index (κ1) is 12.1. The van der Waals surface area contributed by atoms with Crippen LogP contribution in [0.1, 0.15) is 41.4 Å². The third kappa shape index (κ3) is 2.18. The van der Waals surface area contributed by atoms with Crippen LogP contribution < -0.4 is 5.32 Å². The highest BCUT2D eigenvalue weighted by molar-refractivity contribution is 5.54. The Hall–Kier alpha value is -1.97. The number of H-pyrrole nitrogens is 1. The van der Waals surface area contributed by atoms with E-state index in [0.717, 1.165) is 36.3 Å². The number of aryl methyl sites for hydroxylation is 3. The summed E-state index contributed by atoms with van der Waals surface area (Å²) >= 11 is 0. The van der Waals surface area contributed by atoms with Gasteiger partial charge in [0.15, 0.2) is 0 Å². The highest BCUT2D eigenvalue weighted by Gasteiger charge is 2.22. The number of anilines is 1. The van der Waals surface area contributed by atoms with Gasteiger partial charge in [0.1, 0.15) is 5.75 Å². The number of aromatic amines is 1. The summed E-state index contributed by atoms with van der Waals surface area (Å²) in [5.41, 5.74) is 5.73. The van der Waals surface area contributed by atoms with E-state index in [-0.39, 0.29) is 0 Å². The molecule has 1 heterocycles. The summed E-state index contributed by atoms with van der Waals surface area (Å²) in [6.45, 7) is 4.04. The summed E-state index contributed by atoms with van der Waals surface area (Å²) in [5, 5.41) is 20.4. The Morgan fingerprint density at radius 3 is 2.95 bits per heavy atom. The van der Waals surface area contributed by atoms with E-state index < -0.39 is 0 Å². The predicted molar refractivity (Wildman–Crippen MR) is 75.5 cm³/mol. The second-order valence-corrected chi connectivity index (χ2v) is 5.28. The molecule has 0 radical (unpaired) electrons. The molecule has 1 aromatic heterocycles. The van der Waals surface area contributed by atoms with Gasteiger partial charge in [-0.15, -0.1) is 0 Å². The second kappa shape index (κ2) is 4.61. The maximum Gasteiger partial charge on any atom is 0.115 e. The Morgan fingerprint density at radius 1 is 1.37 bits per heavy atom. The van der Waals surface area contributed by atoms with Crippen molar-refractivity contribution < 1.29 is 5.11 Å². The summed E-state index contributed by atoms with van der Waals surface area (Å²) < 4.78 is 0. The van der Waals surface area contributed by atoms with E-state index in [0.29, 0.717) is 11.8 Å². The molecule has 0 amide bonds. The van der Waals surface area contributed by atoms with Gasteiger partial charge >= 0.3 is 0 Å². The van der Waals surface area contributed by atoms with Crippen molar-refractivity contribution in [3.63, 3.8) is 0 Å². The number of rotatable bonds is 2. The van der Waals surface area contributed by atoms with Gasteiger partial charge in [-0.05, 0) is 56.4 Å². The van der Waals surface area contributed by atoms with Crippen molar-refractivity contribution in [2.75, 3.05) is 5.32 Å². The van der Waals surface area contributed by atoms with Gasteiger partial charge in [0.2, 0.25) is 0 Å². The van der Waals surface area contributed by atoms with Crippen molar-refractivity contribution in [3.8, 4) is 5.75 Å². The fraction of sp³-hybridized carbons (Fsp3) is 0.400. The van der Waals surface area contributed by atoms with E-state index in [1.54, 1.807) is 6.07 Å². The van der Waals surface area contributed by atoms with Crippen LogP contribution in [-0.2, 0) is 6.42 Å². The van der Waals surface area contributed by atoms with E-state index in [1.807, 2.05) is 26.0 Å². The van der Waals surface area contributed by atoms with E-state index in [2.05, 4.69) is 15.5 Å². The summed E-state index contributed by atoms with van der Waals surface area (Å²) in [7, 11) is 0. The van der Waals surface area contributed by atoms with Crippen molar-refractivity contribution in [1.82, 2.24) is 10.2 Å². The van der Waals surface area contributed by atoms with Crippen LogP contribution in [0.15, 0.2) is 18.2 Å². The maximum atomic E-state index is 9.58. The molecule has 1 aliphatic rings. The van der Waals surface area contributed by atoms with E-state index >= 15 is 0 Å². The van der Waals surface area contributed by atoms with Crippen LogP contribution in [0.2, 0.25) is 0 Å². The van der Waals surface area contributed by atoms with Crippen molar-refractivity contribution in [2.45, 2.75) is 39.2 Å². The average Bonchev–Trinajstić information content (AvgIpc) is 2.70. The number of fused-ring (bicyclic) bond motifs is 1. The molecule has 0 saturated heterocycles. The molecule has 0 bridgehead atoms. The molecule has 0 saturated carbocycles. The first-order chi connectivity index (χ1) is 9.15. The monoisotopic (exact) mass is 257 g/mol. The molecule has 2 aromatic rings. The van der Waals surface area contributed by atoms with Gasteiger partial charge < -0.3 is 10.4 Å². The molecule has 0 fully saturated rings. The SMILES string of the molecule is Cc1n[nH]c(C)c1NC1CCCc2cc(O)ccc21. The highest BCUT2D eigenvalue weighted by Crippen LogP contribution is 2.35. The minimum absolute atomic E-state index is 0.305. The average molecular weight is 257 g/mol. The lowest BCUT2D eigenvalue weighted by Crippen LogP contribution is -2.17. The fourth-order valence-electron chi connectivity index (χ4n) is 2.89. The minimum Gasteiger partial charge on any atom is -0.508 e. The molecule has 1 aromatic carbocycles. The topological polar surface area (TPSA) is 60.9 Å². The van der Waals surface area contributed by atoms with Gasteiger partial charge in [0.25, 0.3) is 0 Å². The Kier molecular flexibility index (Phi) is 2.93. The standard InChI is InChI=1S/C15H19N3O/c1-9-15(10(2)18-17-9)16-14-5-3-4-11-8-12(19)6-7-13(11)14/h6-8,14,16,19H,3-5H2,1-2H3,(H,17,18). The number of benzene rings is 1. The number of phenolic OH excluding ortho intramolecular Hbond substituents is 1. The van der Waals surface area contributed by atoms with Crippen LogP contribution in [0.25, 0.3) is 0 Å². The molecule has 0 aliphatic heterocycles. The first-order valence-corrected chi connectivity index (χ1v) is 6.75. The summed E-state index contributed by atoms with van der Waals surface area (Å²) in [4.78, 5) is 0. The van der Waals surface area contributed by atoms with Gasteiger partial charge in [-0.25, -0.2) is 0 Å². The quantitative estimate of drug-likeness (QED) is 0.774. The van der Waals surface area contributed by atoms with Crippen LogP contribution in [-0.4, -0.2) is 15.3 Å². The molecule has 1 unspecified atom stereocenters. The zero-order valence-corrected chi connectivity index (χ0v) is 11.3. The molecule has 4 nitrogen and oxygen atoms in total. The number of aromatic hydroxyl groups is 1. The zero-order chi connectivity index (χ0) is 13.4. The molecule has 0 spiro atoms. The van der Waals surface area contributed by atoms with Crippen molar-refractivity contribution in [2.24, 2.45) is 0 Å². The fourth-order valence-corrected chi connectivity index (χ4v) is 2.89. The third-order valence-electron chi connectivity index (χ3n) is 3.89. The molecule has 100 valence electrons. The van der Waals surface area contributed by atoms with Crippen LogP contribution in [0.5, 0.6) is 5.75 Å². The Morgan fingerprint density at radius 2 is 2.21 bits per heavy atom. The molecule has 1 atom stereocenters. The van der Waals surface area contributed by atoms with Gasteiger partial charge in [-0.1, -0.05) is 6.07 Å². The molecule has 4 heteroatoms. The number of hydrogen-bond acceptors (Lipinski definition) is 3. The number of hydrogen-bond donors (Lipinski definition) is 3. The van der Waals surface area contributed by atoms with Gasteiger partial charge in [0, 0.05) is 0 Å². The van der Waals surface area contributed by atoms with E-state index in [9.17, 15) is 5.11 Å². The van der Waals surface area contributed by atoms with E-state index in [1.165, 1.54) is 11.1 Å². The van der Waals surface area contributed by atoms with Crippen LogP contribution in [0.4, 0.5) is 5.69 Å². The first-order valence-electron chi connectivity index (χ1n) is 6.75. The third-order valence-corrected chi connectivity index (χ3v) is 3.89. The number of aromatic nitrogens is 2. The lowest BCUT2D eigenvalue weighted by atomic mass is 9.87. The number of phenols is 1. The largest absolute Gasteiger partial charge is 0.508 e. The normalized spacial score (nSPS) is 18.1. The molecular weight excluding hydrogens is 238 g/mol. The van der Waals surface area contributed by atoms with Gasteiger partial charge in [-0.2, -0.15) is 5.10 Å². The predicted octanol–water partition coefficient (Wildman–Crippen LogP) is 3.22. The molecule has 1 aliphatic carbocycles. The van der Waals surface area contributed by atoms with Crippen LogP contribution >= 0.6 is 0 Å². The lowest BCUT2D eigenvalue weighted by molar-refractivity contribution is 0.472. The molecule has 3 rings (SSSR count). The zero-order valence-electron chi connectivity index (χ0n) is 11.3. The summed E-state index contributed by atoms with van der Waals surface area (Å²) in [6.07, 6.45) is 3.30. The maximum absolute atomic E-state index is 9.58. The Balaban J connectivity index is 1.92. The number of nitrogens with one attached hydrogen (secondary N) is 2. The smallest absolute Gasteiger partial charge is 0.115 e. The van der Waals surface area contributed by atoms with Crippen LogP contribution in [0, 0.1) is 13.8 Å². The minimum atomic E-state index is 0.305. The molecular formula is C15H19N3O. The molecule has 3 N–H and O–H groups in total. The van der Waals surface area contributed by atoms with E-state index in [4.69, 9.17) is 0 Å². The van der Waals surface area contributed by atoms with Crippen molar-refractivity contribution in [1.29, 1.82) is 0 Å². The Bertz CT molecular complexity index is 584. The van der Waals surface area contributed by atoms with Gasteiger partial charge in [-0.3, -0.25) is 5.10 Å². The summed E-state index contributed by atoms with van der Waals surface area (Å²) in [6, 6.07) is 6.00. The molecule has 19 heavy (non-hydrogen) atoms. The van der Waals surface area contributed by atoms with Crippen molar-refractivity contribution >= 4 is 5.69 Å². The Labute approximate surface area is 112 Å². The number of nitrogens with zero attached hydrogens (tertiary/aromatic N) is 1. The van der Waals surface area contributed by atoms with Crippen molar-refractivity contribution in [3.05, 3.63) is 40.7 Å². The van der Waals surface area contributed by atoms with Gasteiger partial charge in [0.05, 0.1) is 23.1 Å². The highest BCUT2D eigenvalue weighted by atomic mass is 16.3. The second-order valence-electron chi connectivity index (χ2n) is 5.28. The van der Waals surface area contributed by atoms with Crippen LogP contribution in [0.3, 0.4) is 0 Å². The summed E-state index contributed by atoms with van der Waals surface area (Å²) in [5.74, 6) is 0.357. The lowest BCUT2D eigenvalue weighted by Gasteiger charge is -2.27.